The van der Waals surface area contributed by atoms with Gasteiger partial charge in [-0.05, 0) is 36.4 Å². The van der Waals surface area contributed by atoms with E-state index in [4.69, 9.17) is 11.6 Å². The van der Waals surface area contributed by atoms with Gasteiger partial charge >= 0.3 is 0 Å². The van der Waals surface area contributed by atoms with Crippen LogP contribution in [-0.2, 0) is 4.79 Å². The molecule has 0 bridgehead atoms. The number of hydrogen-bond acceptors (Lipinski definition) is 3. The fraction of sp³-hybridized carbons (Fsp3) is 0.0556. The van der Waals surface area contributed by atoms with E-state index in [1.54, 1.807) is 36.4 Å². The first-order valence-corrected chi connectivity index (χ1v) is 7.38. The molecule has 0 aliphatic carbocycles. The molecule has 1 aromatic heterocycles. The van der Waals surface area contributed by atoms with Gasteiger partial charge in [0.05, 0.1) is 11.2 Å². The second-order valence-corrected chi connectivity index (χ2v) is 5.57. The van der Waals surface area contributed by atoms with Crippen LogP contribution in [0.15, 0.2) is 48.5 Å². The number of amides is 1. The summed E-state index contributed by atoms with van der Waals surface area (Å²) in [5, 5.41) is 4.00. The molecule has 1 N–H and O–H groups in total. The van der Waals surface area contributed by atoms with Gasteiger partial charge in [-0.2, -0.15) is 0 Å². The number of aromatic nitrogens is 1. The third-order valence-corrected chi connectivity index (χ3v) is 3.67. The number of benzene rings is 2. The summed E-state index contributed by atoms with van der Waals surface area (Å²) < 4.78 is 0. The number of hydrogen-bond donors (Lipinski definition) is 1. The lowest BCUT2D eigenvalue weighted by molar-refractivity contribution is -0.114. The van der Waals surface area contributed by atoms with Gasteiger partial charge in [0.15, 0.2) is 6.29 Å². The average molecular weight is 325 g/mol. The Hall–Kier alpha value is -2.72. The molecule has 0 saturated heterocycles. The Morgan fingerprint density at radius 2 is 1.87 bits per heavy atom. The Kier molecular flexibility index (Phi) is 4.08. The molecule has 114 valence electrons. The summed E-state index contributed by atoms with van der Waals surface area (Å²) in [6, 6.07) is 14.3. The van der Waals surface area contributed by atoms with Crippen LogP contribution in [0, 0.1) is 0 Å². The quantitative estimate of drug-likeness (QED) is 0.730. The zero-order valence-electron chi connectivity index (χ0n) is 12.3. The second-order valence-electron chi connectivity index (χ2n) is 5.13. The van der Waals surface area contributed by atoms with E-state index < -0.39 is 0 Å². The number of fused-ring (bicyclic) bond motifs is 1. The zero-order valence-corrected chi connectivity index (χ0v) is 13.1. The smallest absolute Gasteiger partial charge is 0.221 e. The number of rotatable bonds is 3. The molecule has 1 heterocycles. The number of nitrogens with one attached hydrogen (secondary N) is 1. The van der Waals surface area contributed by atoms with Gasteiger partial charge in [-0.15, -0.1) is 0 Å². The Bertz CT molecular complexity index is 905. The van der Waals surface area contributed by atoms with Gasteiger partial charge < -0.3 is 5.32 Å². The van der Waals surface area contributed by atoms with Gasteiger partial charge in [-0.1, -0.05) is 23.7 Å². The highest BCUT2D eigenvalue weighted by Crippen LogP contribution is 2.27. The molecule has 4 nitrogen and oxygen atoms in total. The zero-order chi connectivity index (χ0) is 16.4. The van der Waals surface area contributed by atoms with E-state index in [0.29, 0.717) is 27.5 Å². The summed E-state index contributed by atoms with van der Waals surface area (Å²) in [6.07, 6.45) is 0.801. The summed E-state index contributed by atoms with van der Waals surface area (Å²) in [4.78, 5) is 27.0. The molecule has 0 spiro atoms. The topological polar surface area (TPSA) is 59.1 Å². The van der Waals surface area contributed by atoms with E-state index in [1.165, 1.54) is 6.92 Å². The highest BCUT2D eigenvalue weighted by molar-refractivity contribution is 6.31. The number of aldehydes is 1. The van der Waals surface area contributed by atoms with E-state index in [0.717, 1.165) is 17.2 Å². The van der Waals surface area contributed by atoms with Gasteiger partial charge in [-0.3, -0.25) is 9.59 Å². The molecule has 3 rings (SSSR count). The predicted octanol–water partition coefficient (Wildman–Crippen LogP) is 4.33. The summed E-state index contributed by atoms with van der Waals surface area (Å²) >= 11 is 5.99. The van der Waals surface area contributed by atoms with Crippen LogP contribution in [0.25, 0.3) is 22.2 Å². The third-order valence-electron chi connectivity index (χ3n) is 3.43. The van der Waals surface area contributed by atoms with Crippen LogP contribution in [0.1, 0.15) is 17.3 Å². The first-order valence-electron chi connectivity index (χ1n) is 7.00. The molecular formula is C18H13ClN2O2. The van der Waals surface area contributed by atoms with Crippen molar-refractivity contribution in [2.45, 2.75) is 6.92 Å². The standard InChI is InChI=1S/C18H13ClN2O2/c1-11(23)20-15-5-2-12(3-6-15)18-8-13(10-22)16-9-14(19)4-7-17(16)21-18/h2-10H,1H3,(H,20,23). The molecular weight excluding hydrogens is 312 g/mol. The fourth-order valence-electron chi connectivity index (χ4n) is 2.40. The maximum atomic E-state index is 11.4. The van der Waals surface area contributed by atoms with Crippen molar-refractivity contribution in [2.75, 3.05) is 5.32 Å². The SMILES string of the molecule is CC(=O)Nc1ccc(-c2cc(C=O)c3cc(Cl)ccc3n2)cc1. The normalized spacial score (nSPS) is 10.5. The first kappa shape index (κ1) is 15.2. The summed E-state index contributed by atoms with van der Waals surface area (Å²) in [6.45, 7) is 1.46. The predicted molar refractivity (Wildman–Crippen MR) is 91.9 cm³/mol. The molecule has 0 radical (unpaired) electrons. The number of anilines is 1. The summed E-state index contributed by atoms with van der Waals surface area (Å²) in [5.41, 5.74) is 3.51. The van der Waals surface area contributed by atoms with Gasteiger partial charge in [0.1, 0.15) is 0 Å². The molecule has 0 atom stereocenters. The Morgan fingerprint density at radius 3 is 2.52 bits per heavy atom. The van der Waals surface area contributed by atoms with E-state index in [-0.39, 0.29) is 5.91 Å². The van der Waals surface area contributed by atoms with E-state index in [2.05, 4.69) is 10.3 Å². The molecule has 0 fully saturated rings. The number of halogens is 1. The first-order chi connectivity index (χ1) is 11.1. The molecule has 23 heavy (non-hydrogen) atoms. The van der Waals surface area contributed by atoms with Crippen LogP contribution in [0.5, 0.6) is 0 Å². The van der Waals surface area contributed by atoms with Crippen LogP contribution in [0.4, 0.5) is 5.69 Å². The van der Waals surface area contributed by atoms with Crippen LogP contribution >= 0.6 is 11.6 Å². The van der Waals surface area contributed by atoms with Crippen molar-refractivity contribution < 1.29 is 9.59 Å². The van der Waals surface area contributed by atoms with Gasteiger partial charge in [0.2, 0.25) is 5.91 Å². The number of carbonyl (C=O) groups is 2. The van der Waals surface area contributed by atoms with Crippen molar-refractivity contribution in [3.63, 3.8) is 0 Å². The lowest BCUT2D eigenvalue weighted by Crippen LogP contribution is -2.05. The van der Waals surface area contributed by atoms with Gasteiger partial charge in [-0.25, -0.2) is 4.98 Å². The highest BCUT2D eigenvalue weighted by atomic mass is 35.5. The van der Waals surface area contributed by atoms with Crippen LogP contribution < -0.4 is 5.32 Å². The largest absolute Gasteiger partial charge is 0.326 e. The maximum absolute atomic E-state index is 11.4. The van der Waals surface area contributed by atoms with Crippen molar-refractivity contribution in [1.82, 2.24) is 4.98 Å². The van der Waals surface area contributed by atoms with Crippen LogP contribution in [-0.4, -0.2) is 17.2 Å². The molecule has 1 amide bonds. The minimum atomic E-state index is -0.123. The molecule has 0 saturated carbocycles. The van der Waals surface area contributed by atoms with E-state index in [9.17, 15) is 9.59 Å². The van der Waals surface area contributed by atoms with Crippen molar-refractivity contribution in [3.05, 3.63) is 59.1 Å². The van der Waals surface area contributed by atoms with Crippen molar-refractivity contribution in [3.8, 4) is 11.3 Å². The minimum Gasteiger partial charge on any atom is -0.326 e. The van der Waals surface area contributed by atoms with Gasteiger partial charge in [0, 0.05) is 34.1 Å². The Morgan fingerprint density at radius 1 is 1.13 bits per heavy atom. The van der Waals surface area contributed by atoms with Crippen molar-refractivity contribution >= 4 is 40.4 Å². The van der Waals surface area contributed by atoms with Crippen LogP contribution in [0.3, 0.4) is 0 Å². The summed E-state index contributed by atoms with van der Waals surface area (Å²) in [5.74, 6) is -0.123. The van der Waals surface area contributed by atoms with Crippen LogP contribution in [0.2, 0.25) is 5.02 Å². The molecule has 2 aromatic carbocycles. The number of nitrogens with zero attached hydrogens (tertiary/aromatic N) is 1. The van der Waals surface area contributed by atoms with Crippen molar-refractivity contribution in [2.24, 2.45) is 0 Å². The third kappa shape index (κ3) is 3.22. The Labute approximate surface area is 138 Å². The number of pyridine rings is 1. The maximum Gasteiger partial charge on any atom is 0.221 e. The van der Waals surface area contributed by atoms with E-state index >= 15 is 0 Å². The van der Waals surface area contributed by atoms with Crippen molar-refractivity contribution in [1.29, 1.82) is 0 Å². The molecule has 5 heteroatoms. The van der Waals surface area contributed by atoms with Gasteiger partial charge in [0.25, 0.3) is 0 Å². The monoisotopic (exact) mass is 324 g/mol. The average Bonchev–Trinajstić information content (AvgIpc) is 2.54. The number of carbonyl (C=O) groups excluding carboxylic acids is 2. The second kappa shape index (κ2) is 6.18. The molecule has 0 aliphatic rings. The summed E-state index contributed by atoms with van der Waals surface area (Å²) in [7, 11) is 0. The highest BCUT2D eigenvalue weighted by Gasteiger charge is 2.08. The fourth-order valence-corrected chi connectivity index (χ4v) is 2.57. The lowest BCUT2D eigenvalue weighted by atomic mass is 10.0. The van der Waals surface area contributed by atoms with E-state index in [1.807, 2.05) is 12.1 Å². The minimum absolute atomic E-state index is 0.123. The molecule has 3 aromatic rings. The molecule has 0 aliphatic heterocycles. The molecule has 0 unspecified atom stereocenters. The Balaban J connectivity index is 2.07. The lowest BCUT2D eigenvalue weighted by Gasteiger charge is -2.08.